The van der Waals surface area contributed by atoms with Crippen LogP contribution in [0.1, 0.15) is 37.7 Å². The summed E-state index contributed by atoms with van der Waals surface area (Å²) in [5, 5.41) is 8.96. The largest absolute Gasteiger partial charge is 0.369 e. The van der Waals surface area contributed by atoms with Crippen LogP contribution in [0.5, 0.6) is 0 Å². The van der Waals surface area contributed by atoms with Gasteiger partial charge in [0.05, 0.1) is 11.3 Å². The van der Waals surface area contributed by atoms with E-state index in [0.29, 0.717) is 10.2 Å². The van der Waals surface area contributed by atoms with E-state index in [2.05, 4.69) is 25.9 Å². The van der Waals surface area contributed by atoms with Gasteiger partial charge in [0, 0.05) is 10.5 Å². The summed E-state index contributed by atoms with van der Waals surface area (Å²) in [4.78, 5) is 10.3. The van der Waals surface area contributed by atoms with Gasteiger partial charge in [-0.2, -0.15) is 10.3 Å². The van der Waals surface area contributed by atoms with Gasteiger partial charge in [0.2, 0.25) is 11.9 Å². The van der Waals surface area contributed by atoms with Crippen LogP contribution in [0.3, 0.4) is 0 Å². The smallest absolute Gasteiger partial charge is 0.220 e. The average molecular weight is 379 g/mol. The SMILES string of the molecule is N#Cc1cc(Br)c(N2C(N)=NC(N)=NC23CCCCC3)cc1F. The summed E-state index contributed by atoms with van der Waals surface area (Å²) < 4.78 is 14.7. The summed E-state index contributed by atoms with van der Waals surface area (Å²) in [6.07, 6.45) is 4.61. The van der Waals surface area contributed by atoms with Crippen LogP contribution in [-0.2, 0) is 0 Å². The maximum Gasteiger partial charge on any atom is 0.220 e. The van der Waals surface area contributed by atoms with Crippen molar-refractivity contribution in [3.8, 4) is 6.07 Å². The van der Waals surface area contributed by atoms with Gasteiger partial charge in [0.25, 0.3) is 0 Å². The number of guanidine groups is 2. The second-order valence-electron chi connectivity index (χ2n) is 5.71. The van der Waals surface area contributed by atoms with Gasteiger partial charge >= 0.3 is 0 Å². The van der Waals surface area contributed by atoms with Crippen molar-refractivity contribution in [2.45, 2.75) is 37.8 Å². The predicted octanol–water partition coefficient (Wildman–Crippen LogP) is 2.57. The standard InChI is InChI=1S/C15H16BrFN6/c16-10-6-9(8-18)11(17)7-12(10)23-14(20)21-13(19)22-15(23)4-2-1-3-5-15/h6-7H,1-5H2,(H4,19,20,21,22). The molecule has 1 aliphatic heterocycles. The summed E-state index contributed by atoms with van der Waals surface area (Å²) in [5.41, 5.74) is 11.7. The van der Waals surface area contributed by atoms with Gasteiger partial charge in [-0.05, 0) is 47.7 Å². The first kappa shape index (κ1) is 15.7. The molecule has 2 aliphatic rings. The van der Waals surface area contributed by atoms with Crippen LogP contribution in [0, 0.1) is 17.1 Å². The van der Waals surface area contributed by atoms with Crippen molar-refractivity contribution in [3.05, 3.63) is 28.0 Å². The topological polar surface area (TPSA) is 104 Å². The molecule has 8 heteroatoms. The van der Waals surface area contributed by atoms with Gasteiger partial charge < -0.3 is 11.5 Å². The molecular formula is C15H16BrFN6. The molecule has 23 heavy (non-hydrogen) atoms. The third-order valence-corrected chi connectivity index (χ3v) is 4.88. The number of anilines is 1. The van der Waals surface area contributed by atoms with Crippen LogP contribution >= 0.6 is 15.9 Å². The molecule has 1 fully saturated rings. The third kappa shape index (κ3) is 2.65. The van der Waals surface area contributed by atoms with Crippen LogP contribution in [-0.4, -0.2) is 17.6 Å². The van der Waals surface area contributed by atoms with E-state index < -0.39 is 11.5 Å². The van der Waals surface area contributed by atoms with Crippen LogP contribution in [0.25, 0.3) is 0 Å². The number of hydrogen-bond acceptors (Lipinski definition) is 6. The number of nitrogens with two attached hydrogens (primary N) is 2. The number of rotatable bonds is 1. The first-order valence-corrected chi connectivity index (χ1v) is 8.15. The number of hydrogen-bond donors (Lipinski definition) is 2. The minimum atomic E-state index is -0.642. The van der Waals surface area contributed by atoms with Crippen molar-refractivity contribution in [1.82, 2.24) is 0 Å². The van der Waals surface area contributed by atoms with E-state index in [4.69, 9.17) is 16.7 Å². The molecule has 0 saturated heterocycles. The van der Waals surface area contributed by atoms with E-state index in [1.54, 1.807) is 4.90 Å². The number of nitriles is 1. The van der Waals surface area contributed by atoms with E-state index in [1.807, 2.05) is 6.07 Å². The first-order valence-electron chi connectivity index (χ1n) is 7.36. The van der Waals surface area contributed by atoms with Gasteiger partial charge in [-0.25, -0.2) is 9.38 Å². The maximum absolute atomic E-state index is 14.1. The Morgan fingerprint density at radius 1 is 1.26 bits per heavy atom. The normalized spacial score (nSPS) is 20.0. The molecule has 1 saturated carbocycles. The van der Waals surface area contributed by atoms with E-state index in [9.17, 15) is 4.39 Å². The van der Waals surface area contributed by atoms with Gasteiger partial charge in [0.15, 0.2) is 0 Å². The molecule has 0 radical (unpaired) electrons. The fourth-order valence-electron chi connectivity index (χ4n) is 3.26. The van der Waals surface area contributed by atoms with Gasteiger partial charge in [-0.15, -0.1) is 0 Å². The summed E-state index contributed by atoms with van der Waals surface area (Å²) >= 11 is 3.40. The van der Waals surface area contributed by atoms with Crippen molar-refractivity contribution < 1.29 is 4.39 Å². The Hall–Kier alpha value is -2.14. The quantitative estimate of drug-likeness (QED) is 0.783. The van der Waals surface area contributed by atoms with Gasteiger partial charge in [-0.1, -0.05) is 6.42 Å². The Labute approximate surface area is 141 Å². The highest BCUT2D eigenvalue weighted by molar-refractivity contribution is 9.10. The molecule has 0 unspecified atom stereocenters. The molecular weight excluding hydrogens is 363 g/mol. The lowest BCUT2D eigenvalue weighted by Gasteiger charge is -2.45. The second-order valence-corrected chi connectivity index (χ2v) is 6.57. The highest BCUT2D eigenvalue weighted by Gasteiger charge is 2.43. The molecule has 0 bridgehead atoms. The van der Waals surface area contributed by atoms with Crippen molar-refractivity contribution in [1.29, 1.82) is 5.26 Å². The molecule has 1 aromatic rings. The molecule has 1 aromatic carbocycles. The Bertz CT molecular complexity index is 745. The van der Waals surface area contributed by atoms with E-state index in [0.717, 1.165) is 32.1 Å². The molecule has 6 nitrogen and oxygen atoms in total. The van der Waals surface area contributed by atoms with Crippen molar-refractivity contribution in [3.63, 3.8) is 0 Å². The van der Waals surface area contributed by atoms with Crippen molar-refractivity contribution in [2.24, 2.45) is 21.5 Å². The third-order valence-electron chi connectivity index (χ3n) is 4.25. The fraction of sp³-hybridized carbons (Fsp3) is 0.400. The van der Waals surface area contributed by atoms with E-state index >= 15 is 0 Å². The summed E-state index contributed by atoms with van der Waals surface area (Å²) in [5.74, 6) is -0.276. The summed E-state index contributed by atoms with van der Waals surface area (Å²) in [6, 6.07) is 4.55. The molecule has 120 valence electrons. The molecule has 0 atom stereocenters. The van der Waals surface area contributed by atoms with Crippen LogP contribution < -0.4 is 16.4 Å². The number of aliphatic imine (C=N–C) groups is 2. The molecule has 0 amide bonds. The zero-order valence-electron chi connectivity index (χ0n) is 12.4. The number of halogens is 2. The van der Waals surface area contributed by atoms with Gasteiger partial charge in [0.1, 0.15) is 17.5 Å². The lowest BCUT2D eigenvalue weighted by molar-refractivity contribution is 0.305. The molecule has 4 N–H and O–H groups in total. The Morgan fingerprint density at radius 3 is 2.61 bits per heavy atom. The highest BCUT2D eigenvalue weighted by atomic mass is 79.9. The fourth-order valence-corrected chi connectivity index (χ4v) is 3.78. The van der Waals surface area contributed by atoms with Crippen molar-refractivity contribution >= 4 is 33.5 Å². The molecule has 0 aromatic heterocycles. The monoisotopic (exact) mass is 378 g/mol. The van der Waals surface area contributed by atoms with E-state index in [-0.39, 0.29) is 17.5 Å². The maximum atomic E-state index is 14.1. The van der Waals surface area contributed by atoms with Gasteiger partial charge in [-0.3, -0.25) is 4.90 Å². The summed E-state index contributed by atoms with van der Waals surface area (Å²) in [7, 11) is 0. The summed E-state index contributed by atoms with van der Waals surface area (Å²) in [6.45, 7) is 0. The second kappa shape index (κ2) is 5.81. The Balaban J connectivity index is 2.15. The minimum absolute atomic E-state index is 0.0335. The van der Waals surface area contributed by atoms with Crippen LogP contribution in [0.15, 0.2) is 26.6 Å². The van der Waals surface area contributed by atoms with E-state index in [1.165, 1.54) is 12.1 Å². The lowest BCUT2D eigenvalue weighted by Crippen LogP contribution is -2.58. The highest BCUT2D eigenvalue weighted by Crippen LogP contribution is 2.42. The molecule has 3 rings (SSSR count). The number of nitrogens with zero attached hydrogens (tertiary/aromatic N) is 4. The lowest BCUT2D eigenvalue weighted by atomic mass is 9.87. The van der Waals surface area contributed by atoms with Crippen LogP contribution in [0.4, 0.5) is 10.1 Å². The Kier molecular flexibility index (Phi) is 3.98. The zero-order chi connectivity index (χ0) is 16.6. The first-order chi connectivity index (χ1) is 11.0. The minimum Gasteiger partial charge on any atom is -0.369 e. The van der Waals surface area contributed by atoms with Crippen LogP contribution in [0.2, 0.25) is 0 Å². The zero-order valence-corrected chi connectivity index (χ0v) is 14.0. The predicted molar refractivity (Wildman–Crippen MR) is 90.4 cm³/mol. The molecule has 1 heterocycles. The number of benzene rings is 1. The molecule has 1 spiro atoms. The molecule has 1 aliphatic carbocycles. The Morgan fingerprint density at radius 2 is 1.96 bits per heavy atom. The van der Waals surface area contributed by atoms with Crippen molar-refractivity contribution in [2.75, 3.05) is 4.90 Å². The average Bonchev–Trinajstić information content (AvgIpc) is 2.50.